The number of sulfonamides is 1. The van der Waals surface area contributed by atoms with Crippen LogP contribution < -0.4 is 9.46 Å². The van der Waals surface area contributed by atoms with Gasteiger partial charge in [-0.3, -0.25) is 4.72 Å². The number of halogens is 1. The van der Waals surface area contributed by atoms with Crippen LogP contribution in [0.2, 0.25) is 5.02 Å². The van der Waals surface area contributed by atoms with Crippen molar-refractivity contribution in [3.8, 4) is 5.75 Å². The minimum Gasteiger partial charge on any atom is -0.495 e. The molecule has 112 valence electrons. The Kier molecular flexibility index (Phi) is 4.66. The monoisotopic (exact) mass is 328 g/mol. The number of benzene rings is 1. The number of nitrogens with zero attached hydrogens (tertiary/aromatic N) is 1. The molecule has 0 fully saturated rings. The van der Waals surface area contributed by atoms with Crippen molar-refractivity contribution in [2.45, 2.75) is 11.6 Å². The third kappa shape index (κ3) is 3.63. The Hall–Kier alpha value is -1.83. The van der Waals surface area contributed by atoms with Gasteiger partial charge in [0.25, 0.3) is 10.0 Å². The lowest BCUT2D eigenvalue weighted by atomic mass is 10.3. The summed E-state index contributed by atoms with van der Waals surface area (Å²) in [5.74, 6) is 0.362. The first-order valence-electron chi connectivity index (χ1n) is 5.88. The minimum atomic E-state index is -3.82. The van der Waals surface area contributed by atoms with Gasteiger partial charge in [-0.05, 0) is 23.8 Å². The molecule has 0 aliphatic carbocycles. The highest BCUT2D eigenvalue weighted by atomic mass is 35.5. The Bertz CT molecular complexity index is 732. The average molecular weight is 329 g/mol. The summed E-state index contributed by atoms with van der Waals surface area (Å²) in [5.41, 5.74) is 0.839. The molecule has 6 nitrogen and oxygen atoms in total. The zero-order chi connectivity index (χ0) is 15.5. The number of aliphatic hydroxyl groups is 1. The number of nitrogens with one attached hydrogen (secondary N) is 1. The zero-order valence-electron chi connectivity index (χ0n) is 11.1. The normalized spacial score (nSPS) is 11.2. The SMILES string of the molecule is COc1cc(NS(=O)(=O)c2ccc(CO)cn2)ccc1Cl. The van der Waals surface area contributed by atoms with Crippen LogP contribution in [0.4, 0.5) is 5.69 Å². The van der Waals surface area contributed by atoms with E-state index in [1.807, 2.05) is 0 Å². The molecule has 2 rings (SSSR count). The fraction of sp³-hybridized carbons (Fsp3) is 0.154. The van der Waals surface area contributed by atoms with E-state index in [1.54, 1.807) is 0 Å². The Balaban J connectivity index is 2.28. The molecular weight excluding hydrogens is 316 g/mol. The number of methoxy groups -OCH3 is 1. The van der Waals surface area contributed by atoms with Crippen LogP contribution >= 0.6 is 11.6 Å². The molecule has 21 heavy (non-hydrogen) atoms. The highest BCUT2D eigenvalue weighted by Gasteiger charge is 2.16. The molecule has 0 amide bonds. The van der Waals surface area contributed by atoms with E-state index in [1.165, 1.54) is 43.6 Å². The van der Waals surface area contributed by atoms with Crippen LogP contribution in [0.15, 0.2) is 41.6 Å². The fourth-order valence-electron chi connectivity index (χ4n) is 1.59. The van der Waals surface area contributed by atoms with Crippen molar-refractivity contribution in [3.05, 3.63) is 47.1 Å². The molecule has 0 unspecified atom stereocenters. The topological polar surface area (TPSA) is 88.5 Å². The molecule has 0 saturated carbocycles. The lowest BCUT2D eigenvalue weighted by Crippen LogP contribution is -2.14. The molecular formula is C13H13ClN2O4S. The summed E-state index contributed by atoms with van der Waals surface area (Å²) in [5, 5.41) is 9.15. The van der Waals surface area contributed by atoms with Crippen molar-refractivity contribution >= 4 is 27.3 Å². The van der Waals surface area contributed by atoms with Gasteiger partial charge in [-0.15, -0.1) is 0 Å². The predicted octanol–water partition coefficient (Wildman–Crippen LogP) is 2.04. The molecule has 0 aliphatic rings. The second kappa shape index (κ2) is 6.30. The number of rotatable bonds is 5. The number of ether oxygens (including phenoxy) is 1. The molecule has 0 radical (unpaired) electrons. The maximum absolute atomic E-state index is 12.2. The van der Waals surface area contributed by atoms with Gasteiger partial charge in [0.15, 0.2) is 5.03 Å². The van der Waals surface area contributed by atoms with Gasteiger partial charge < -0.3 is 9.84 Å². The van der Waals surface area contributed by atoms with Gasteiger partial charge in [0, 0.05) is 12.3 Å². The van der Waals surface area contributed by atoms with Crippen LogP contribution in [0, 0.1) is 0 Å². The van der Waals surface area contributed by atoms with E-state index < -0.39 is 10.0 Å². The van der Waals surface area contributed by atoms with Gasteiger partial charge in [-0.2, -0.15) is 8.42 Å². The summed E-state index contributed by atoms with van der Waals surface area (Å²) in [6.07, 6.45) is 1.30. The van der Waals surface area contributed by atoms with E-state index in [0.29, 0.717) is 22.0 Å². The average Bonchev–Trinajstić information content (AvgIpc) is 2.49. The van der Waals surface area contributed by atoms with Gasteiger partial charge >= 0.3 is 0 Å². The molecule has 2 aromatic rings. The predicted molar refractivity (Wildman–Crippen MR) is 79.0 cm³/mol. The third-order valence-electron chi connectivity index (χ3n) is 2.66. The summed E-state index contributed by atoms with van der Waals surface area (Å²) < 4.78 is 31.8. The molecule has 0 saturated heterocycles. The number of aromatic nitrogens is 1. The van der Waals surface area contributed by atoms with Crippen LogP contribution in [0.25, 0.3) is 0 Å². The van der Waals surface area contributed by atoms with E-state index in [9.17, 15) is 8.42 Å². The van der Waals surface area contributed by atoms with Crippen LogP contribution in [-0.4, -0.2) is 25.6 Å². The van der Waals surface area contributed by atoms with Gasteiger partial charge in [0.1, 0.15) is 5.75 Å². The first-order valence-corrected chi connectivity index (χ1v) is 7.74. The number of anilines is 1. The zero-order valence-corrected chi connectivity index (χ0v) is 12.6. The first-order chi connectivity index (χ1) is 9.96. The molecule has 0 atom stereocenters. The standard InChI is InChI=1S/C13H13ClN2O4S/c1-20-12-6-10(3-4-11(12)14)16-21(18,19)13-5-2-9(8-17)7-15-13/h2-7,16-17H,8H2,1H3. The van der Waals surface area contributed by atoms with Crippen molar-refractivity contribution in [1.29, 1.82) is 0 Å². The maximum Gasteiger partial charge on any atom is 0.279 e. The van der Waals surface area contributed by atoms with E-state index in [-0.39, 0.29) is 11.6 Å². The molecule has 8 heteroatoms. The van der Waals surface area contributed by atoms with E-state index >= 15 is 0 Å². The third-order valence-corrected chi connectivity index (χ3v) is 4.27. The van der Waals surface area contributed by atoms with Gasteiger partial charge in [-0.1, -0.05) is 17.7 Å². The summed E-state index contributed by atoms with van der Waals surface area (Å²) >= 11 is 5.88. The van der Waals surface area contributed by atoms with Crippen molar-refractivity contribution in [2.75, 3.05) is 11.8 Å². The Morgan fingerprint density at radius 1 is 1.33 bits per heavy atom. The van der Waals surface area contributed by atoms with Gasteiger partial charge in [-0.25, -0.2) is 4.98 Å². The number of hydrogen-bond acceptors (Lipinski definition) is 5. The summed E-state index contributed by atoms with van der Waals surface area (Å²) in [7, 11) is -2.38. The van der Waals surface area contributed by atoms with Crippen molar-refractivity contribution in [3.63, 3.8) is 0 Å². The summed E-state index contributed by atoms with van der Waals surface area (Å²) in [4.78, 5) is 3.81. The van der Waals surface area contributed by atoms with E-state index in [4.69, 9.17) is 21.4 Å². The van der Waals surface area contributed by atoms with Crippen molar-refractivity contribution < 1.29 is 18.3 Å². The van der Waals surface area contributed by atoms with Gasteiger partial charge in [0.2, 0.25) is 0 Å². The van der Waals surface area contributed by atoms with Crippen molar-refractivity contribution in [2.24, 2.45) is 0 Å². The lowest BCUT2D eigenvalue weighted by Gasteiger charge is -2.10. The molecule has 0 spiro atoms. The molecule has 0 aliphatic heterocycles. The highest BCUT2D eigenvalue weighted by molar-refractivity contribution is 7.92. The number of aliphatic hydroxyl groups excluding tert-OH is 1. The second-order valence-electron chi connectivity index (χ2n) is 4.12. The van der Waals surface area contributed by atoms with Crippen molar-refractivity contribution in [1.82, 2.24) is 4.98 Å². The first kappa shape index (κ1) is 15.6. The van der Waals surface area contributed by atoms with E-state index in [2.05, 4.69) is 9.71 Å². The molecule has 2 N–H and O–H groups in total. The van der Waals surface area contributed by atoms with Crippen LogP contribution in [-0.2, 0) is 16.6 Å². The molecule has 0 bridgehead atoms. The van der Waals surface area contributed by atoms with Crippen LogP contribution in [0.5, 0.6) is 5.75 Å². The largest absolute Gasteiger partial charge is 0.495 e. The molecule has 1 aromatic heterocycles. The molecule has 1 aromatic carbocycles. The number of pyridine rings is 1. The van der Waals surface area contributed by atoms with E-state index in [0.717, 1.165) is 0 Å². The Labute approximate surface area is 127 Å². The smallest absolute Gasteiger partial charge is 0.279 e. The Morgan fingerprint density at radius 3 is 2.67 bits per heavy atom. The van der Waals surface area contributed by atoms with Crippen LogP contribution in [0.1, 0.15) is 5.56 Å². The maximum atomic E-state index is 12.2. The second-order valence-corrected chi connectivity index (χ2v) is 6.15. The fourth-order valence-corrected chi connectivity index (χ4v) is 2.77. The Morgan fingerprint density at radius 2 is 2.10 bits per heavy atom. The number of hydrogen-bond donors (Lipinski definition) is 2. The highest BCUT2D eigenvalue weighted by Crippen LogP contribution is 2.28. The lowest BCUT2D eigenvalue weighted by molar-refractivity contribution is 0.281. The van der Waals surface area contributed by atoms with Crippen LogP contribution in [0.3, 0.4) is 0 Å². The van der Waals surface area contributed by atoms with Gasteiger partial charge in [0.05, 0.1) is 24.4 Å². The minimum absolute atomic E-state index is 0.145. The molecule has 1 heterocycles. The summed E-state index contributed by atoms with van der Waals surface area (Å²) in [6.45, 7) is -0.199. The summed E-state index contributed by atoms with van der Waals surface area (Å²) in [6, 6.07) is 7.33. The quantitative estimate of drug-likeness (QED) is 0.876.